The molecule has 19 rings (SSSR count). The van der Waals surface area contributed by atoms with Crippen LogP contribution in [0.25, 0.3) is 176 Å². The fourth-order valence-corrected chi connectivity index (χ4v) is 17.5. The molecule has 2 aliphatic rings. The predicted octanol–water partition coefficient (Wildman–Crippen LogP) is 27.2. The molecule has 0 heterocycles. The van der Waals surface area contributed by atoms with Gasteiger partial charge in [0.05, 0.1) is 0 Å². The highest BCUT2D eigenvalue weighted by Gasteiger charge is 2.39. The molecule has 0 nitrogen and oxygen atoms in total. The normalized spacial score (nSPS) is 13.4. The second kappa shape index (κ2) is 21.9. The van der Waals surface area contributed by atoms with Crippen LogP contribution in [0.15, 0.2) is 315 Å². The van der Waals surface area contributed by atoms with E-state index in [0.29, 0.717) is 0 Å². The van der Waals surface area contributed by atoms with E-state index in [1.807, 2.05) is 0 Å². The van der Waals surface area contributed by atoms with Crippen LogP contribution >= 0.6 is 0 Å². The first-order valence-corrected chi connectivity index (χ1v) is 34.7. The van der Waals surface area contributed by atoms with Crippen molar-refractivity contribution in [2.75, 3.05) is 0 Å². The Bertz CT molecular complexity index is 6020. The smallest absolute Gasteiger partial charge is 0.0159 e. The first-order valence-electron chi connectivity index (χ1n) is 34.7. The van der Waals surface area contributed by atoms with Crippen LogP contribution in [0.1, 0.15) is 61.1 Å². The van der Waals surface area contributed by atoms with Gasteiger partial charge in [-0.25, -0.2) is 0 Å². The summed E-state index contributed by atoms with van der Waals surface area (Å²) in [6.07, 6.45) is 0. The molecule has 0 unspecified atom stereocenters. The van der Waals surface area contributed by atoms with Crippen molar-refractivity contribution in [3.05, 3.63) is 349 Å². The van der Waals surface area contributed by atoms with E-state index in [1.165, 1.54) is 209 Å². The second-order valence-electron chi connectivity index (χ2n) is 28.7. The number of aryl methyl sites for hydroxylation is 2. The molecule has 462 valence electrons. The molecule has 0 radical (unpaired) electrons. The van der Waals surface area contributed by atoms with E-state index in [0.717, 1.165) is 0 Å². The zero-order valence-corrected chi connectivity index (χ0v) is 56.0. The molecule has 17 aromatic carbocycles. The van der Waals surface area contributed by atoms with Gasteiger partial charge in [0.25, 0.3) is 0 Å². The minimum Gasteiger partial charge on any atom is -0.0616 e. The van der Waals surface area contributed by atoms with E-state index in [1.54, 1.807) is 0 Å². The fraction of sp³-hybridized carbons (Fsp3) is 0.0816. The van der Waals surface area contributed by atoms with Crippen LogP contribution in [0, 0.1) is 13.8 Å². The van der Waals surface area contributed by atoms with Crippen molar-refractivity contribution in [3.8, 4) is 111 Å². The maximum Gasteiger partial charge on any atom is 0.0159 e. The average Bonchev–Trinajstić information content (AvgIpc) is 1.03. The fourth-order valence-electron chi connectivity index (χ4n) is 17.5. The van der Waals surface area contributed by atoms with Crippen LogP contribution in [-0.4, -0.2) is 0 Å². The van der Waals surface area contributed by atoms with E-state index in [-0.39, 0.29) is 10.8 Å². The monoisotopic (exact) mass is 1250 g/mol. The zero-order chi connectivity index (χ0) is 65.7. The maximum atomic E-state index is 2.53. The highest BCUT2D eigenvalue weighted by molar-refractivity contribution is 6.30. The van der Waals surface area contributed by atoms with Crippen LogP contribution in [0.2, 0.25) is 0 Å². The Kier molecular flexibility index (Phi) is 12.9. The predicted molar refractivity (Wildman–Crippen MR) is 420 cm³/mol. The van der Waals surface area contributed by atoms with Gasteiger partial charge in [-0.1, -0.05) is 330 Å². The molecular formula is C98H70. The molecule has 0 fully saturated rings. The molecule has 0 bridgehead atoms. The third-order valence-corrected chi connectivity index (χ3v) is 22.4. The van der Waals surface area contributed by atoms with E-state index in [9.17, 15) is 0 Å². The lowest BCUT2D eigenvalue weighted by atomic mass is 9.78. The quantitative estimate of drug-likeness (QED) is 0.133. The molecular weight excluding hydrogens is 1180 g/mol. The first kappa shape index (κ1) is 57.7. The van der Waals surface area contributed by atoms with Crippen molar-refractivity contribution in [1.29, 1.82) is 0 Å². The molecule has 0 amide bonds. The molecule has 0 saturated heterocycles. The molecule has 98 heavy (non-hydrogen) atoms. The Balaban J connectivity index is 0.670. The van der Waals surface area contributed by atoms with Gasteiger partial charge in [0.15, 0.2) is 0 Å². The Labute approximate surface area is 573 Å². The maximum absolute atomic E-state index is 2.53. The zero-order valence-electron chi connectivity index (χ0n) is 56.0. The average molecular weight is 1250 g/mol. The molecule has 0 saturated carbocycles. The van der Waals surface area contributed by atoms with E-state index in [2.05, 4.69) is 357 Å². The highest BCUT2D eigenvalue weighted by atomic mass is 14.4. The summed E-state index contributed by atoms with van der Waals surface area (Å²) in [4.78, 5) is 0. The van der Waals surface area contributed by atoms with Crippen molar-refractivity contribution in [2.45, 2.75) is 52.4 Å². The summed E-state index contributed by atoms with van der Waals surface area (Å²) in [7, 11) is 0. The van der Waals surface area contributed by atoms with Crippen molar-refractivity contribution < 1.29 is 0 Å². The van der Waals surface area contributed by atoms with Crippen LogP contribution in [-0.2, 0) is 10.8 Å². The van der Waals surface area contributed by atoms with Crippen LogP contribution in [0.5, 0.6) is 0 Å². The lowest BCUT2D eigenvalue weighted by Gasteiger charge is -2.24. The Hall–Kier alpha value is -11.7. The molecule has 0 atom stereocenters. The summed E-state index contributed by atoms with van der Waals surface area (Å²) in [5.74, 6) is 0. The summed E-state index contributed by atoms with van der Waals surface area (Å²) in [6.45, 7) is 14.0. The number of benzene rings is 17. The Morgan fingerprint density at radius 1 is 0.163 bits per heavy atom. The third-order valence-electron chi connectivity index (χ3n) is 22.4. The van der Waals surface area contributed by atoms with Gasteiger partial charge in [-0.15, -0.1) is 0 Å². The van der Waals surface area contributed by atoms with Gasteiger partial charge < -0.3 is 0 Å². The molecule has 0 spiro atoms. The number of fused-ring (bicyclic) bond motifs is 12. The van der Waals surface area contributed by atoms with Gasteiger partial charge in [-0.2, -0.15) is 0 Å². The first-order chi connectivity index (χ1) is 47.9. The summed E-state index contributed by atoms with van der Waals surface area (Å²) < 4.78 is 0. The Morgan fingerprint density at radius 2 is 0.337 bits per heavy atom. The minimum absolute atomic E-state index is 0.237. The van der Waals surface area contributed by atoms with Gasteiger partial charge in [0.1, 0.15) is 0 Å². The summed E-state index contributed by atoms with van der Waals surface area (Å²) in [5, 5.41) is 15.1. The van der Waals surface area contributed by atoms with Crippen molar-refractivity contribution in [3.63, 3.8) is 0 Å². The number of rotatable bonds is 8. The van der Waals surface area contributed by atoms with E-state index >= 15 is 0 Å². The molecule has 0 heteroatoms. The summed E-state index contributed by atoms with van der Waals surface area (Å²) in [6, 6.07) is 120. The number of hydrogen-bond acceptors (Lipinski definition) is 0. The minimum atomic E-state index is -0.260. The molecule has 0 aromatic heterocycles. The molecule has 0 N–H and O–H groups in total. The van der Waals surface area contributed by atoms with Gasteiger partial charge in [0.2, 0.25) is 0 Å². The van der Waals surface area contributed by atoms with Gasteiger partial charge in [0, 0.05) is 10.8 Å². The van der Waals surface area contributed by atoms with E-state index < -0.39 is 0 Å². The SMILES string of the molecule is Cc1ccc(-c2ccc(-c3c4ccccc4c(-c4ccc5c(c4)C(C)(C)c4cc(-c6ccc7c(c6)C(C)(C)c6cc(-c8c9ccccc9c(-c9c%10ccccc%10c(-c%10ccc(-c%11ccc(C)cc%11)cc%10)c%10ccccc9%10)c9ccccc89)ccc6-7)ccc4-5)c4ccccc34)cc2)cc1. The van der Waals surface area contributed by atoms with Gasteiger partial charge in [-0.05, 0) is 236 Å². The topological polar surface area (TPSA) is 0 Å². The van der Waals surface area contributed by atoms with Crippen LogP contribution in [0.3, 0.4) is 0 Å². The largest absolute Gasteiger partial charge is 0.0616 e. The van der Waals surface area contributed by atoms with Crippen LogP contribution < -0.4 is 0 Å². The van der Waals surface area contributed by atoms with Crippen LogP contribution in [0.4, 0.5) is 0 Å². The standard InChI is InChI=1S/C98H70/c1-59-31-35-61(36-32-59)63-39-43-65(44-40-63)91-75-19-7-9-21-77(75)93(78-22-10-8-20-76(78)91)69-49-53-73-71-51-47-67(55-87(71)97(3,4)89(73)57-69)68-48-52-72-74-54-50-70(58-90(74)98(5,6)88(72)56-68)94-81-25-13-17-29-85(81)96(86-30-18-14-26-82(86)94)95-83-27-15-11-23-79(83)92(80-24-12-16-28-84(80)95)66-45-41-64(42-46-66)62-37-33-60(2)34-38-62/h7-58H,1-6H3. The van der Waals surface area contributed by atoms with Gasteiger partial charge in [-0.3, -0.25) is 0 Å². The lowest BCUT2D eigenvalue weighted by molar-refractivity contribution is 0.660. The highest BCUT2D eigenvalue weighted by Crippen LogP contribution is 2.56. The van der Waals surface area contributed by atoms with Gasteiger partial charge >= 0.3 is 0 Å². The molecule has 0 aliphatic heterocycles. The Morgan fingerprint density at radius 3 is 0.582 bits per heavy atom. The second-order valence-corrected chi connectivity index (χ2v) is 28.7. The van der Waals surface area contributed by atoms with E-state index in [4.69, 9.17) is 0 Å². The summed E-state index contributed by atoms with van der Waals surface area (Å²) in [5.41, 5.74) is 32.8. The summed E-state index contributed by atoms with van der Waals surface area (Å²) >= 11 is 0. The lowest BCUT2D eigenvalue weighted by Crippen LogP contribution is -2.15. The van der Waals surface area contributed by atoms with Crippen molar-refractivity contribution in [2.24, 2.45) is 0 Å². The van der Waals surface area contributed by atoms with Crippen molar-refractivity contribution >= 4 is 64.6 Å². The van der Waals surface area contributed by atoms with Crippen molar-refractivity contribution in [1.82, 2.24) is 0 Å². The molecule has 17 aromatic rings. The molecule has 2 aliphatic carbocycles. The third kappa shape index (κ3) is 8.77. The number of hydrogen-bond donors (Lipinski definition) is 0.